The van der Waals surface area contributed by atoms with Crippen molar-refractivity contribution in [3.8, 4) is 0 Å². The van der Waals surface area contributed by atoms with Gasteiger partial charge in [-0.3, -0.25) is 9.80 Å². The highest BCUT2D eigenvalue weighted by Gasteiger charge is 2.47. The Morgan fingerprint density at radius 3 is 2.07 bits per heavy atom. The average molecular weight is 681 g/mol. The van der Waals surface area contributed by atoms with E-state index in [1.165, 1.54) is 23.2 Å². The molecule has 1 aliphatic heterocycles. The van der Waals surface area contributed by atoms with Gasteiger partial charge >= 0.3 is 12.4 Å². The first-order valence-electron chi connectivity index (χ1n) is 12.8. The zero-order chi connectivity index (χ0) is 31.0. The van der Waals surface area contributed by atoms with Crippen LogP contribution >= 0.6 is 27.5 Å². The number of rotatable bonds is 6. The van der Waals surface area contributed by atoms with Crippen LogP contribution in [0.25, 0.3) is 0 Å². The Morgan fingerprint density at radius 1 is 0.860 bits per heavy atom. The molecule has 1 heterocycles. The Balaban J connectivity index is 1.63. The van der Waals surface area contributed by atoms with E-state index < -0.39 is 39.8 Å². The van der Waals surface area contributed by atoms with Gasteiger partial charge in [0.15, 0.2) is 0 Å². The van der Waals surface area contributed by atoms with Crippen LogP contribution in [0.2, 0.25) is 5.02 Å². The van der Waals surface area contributed by atoms with Crippen molar-refractivity contribution in [2.24, 2.45) is 5.10 Å². The minimum atomic E-state index is -4.70. The molecule has 0 saturated heterocycles. The minimum absolute atomic E-state index is 0.00408. The van der Waals surface area contributed by atoms with Crippen molar-refractivity contribution in [2.45, 2.75) is 17.8 Å². The molecule has 1 amide bonds. The first-order chi connectivity index (χ1) is 20.3. The van der Waals surface area contributed by atoms with Crippen molar-refractivity contribution in [2.75, 3.05) is 18.4 Å². The molecule has 4 aromatic carbocycles. The number of benzene rings is 4. The normalized spacial score (nSPS) is 17.1. The zero-order valence-corrected chi connectivity index (χ0v) is 24.3. The number of halogens is 8. The first kappa shape index (κ1) is 30.6. The smallest absolute Gasteiger partial charge is 0.324 e. The van der Waals surface area contributed by atoms with Gasteiger partial charge in [-0.25, -0.2) is 0 Å². The lowest BCUT2D eigenvalue weighted by Crippen LogP contribution is -2.41. The van der Waals surface area contributed by atoms with Crippen molar-refractivity contribution in [3.05, 3.63) is 134 Å². The summed E-state index contributed by atoms with van der Waals surface area (Å²) in [5, 5.41) is 8.34. The molecule has 5 rings (SSSR count). The molecule has 0 saturated carbocycles. The number of hydrogen-bond acceptors (Lipinski definition) is 3. The highest BCUT2D eigenvalue weighted by Crippen LogP contribution is 2.44. The van der Waals surface area contributed by atoms with E-state index in [4.69, 9.17) is 11.6 Å². The number of carbonyl (C=O) groups is 1. The second kappa shape index (κ2) is 11.7. The lowest BCUT2D eigenvalue weighted by Gasteiger charge is -2.33. The molecule has 0 aromatic heterocycles. The Hall–Kier alpha value is -3.83. The molecule has 12 heteroatoms. The third-order valence-corrected chi connectivity index (χ3v) is 7.88. The van der Waals surface area contributed by atoms with Gasteiger partial charge in [0, 0.05) is 15.7 Å². The van der Waals surface area contributed by atoms with E-state index in [0.29, 0.717) is 16.8 Å². The maximum absolute atomic E-state index is 13.5. The van der Waals surface area contributed by atoms with Gasteiger partial charge in [0.1, 0.15) is 6.54 Å². The summed E-state index contributed by atoms with van der Waals surface area (Å²) in [5.74, 6) is -0.424. The van der Waals surface area contributed by atoms with Crippen LogP contribution in [-0.2, 0) is 22.6 Å². The van der Waals surface area contributed by atoms with Crippen molar-refractivity contribution in [1.82, 2.24) is 5.01 Å². The molecule has 1 N–H and O–H groups in total. The summed E-state index contributed by atoms with van der Waals surface area (Å²) in [6, 6.07) is 23.4. The fourth-order valence-electron chi connectivity index (χ4n) is 5.09. The molecule has 0 radical (unpaired) electrons. The van der Waals surface area contributed by atoms with E-state index in [1.54, 1.807) is 54.6 Å². The summed E-state index contributed by atoms with van der Waals surface area (Å²) in [5.41, 5.74) is -1.18. The van der Waals surface area contributed by atoms with Crippen LogP contribution in [0.4, 0.5) is 32.0 Å². The number of carbonyl (C=O) groups excluding carboxylic acids is 1. The van der Waals surface area contributed by atoms with Crippen LogP contribution in [0.15, 0.2) is 107 Å². The average Bonchev–Trinajstić information content (AvgIpc) is 3.33. The second-order valence-corrected chi connectivity index (χ2v) is 11.2. The Bertz CT molecular complexity index is 1660. The fraction of sp³-hybridized carbons (Fsp3) is 0.161. The lowest BCUT2D eigenvalue weighted by molar-refractivity contribution is -0.138. The van der Waals surface area contributed by atoms with E-state index in [9.17, 15) is 31.1 Å². The minimum Gasteiger partial charge on any atom is -0.324 e. The van der Waals surface area contributed by atoms with Gasteiger partial charge in [0.2, 0.25) is 5.91 Å². The van der Waals surface area contributed by atoms with Crippen molar-refractivity contribution >= 4 is 44.8 Å². The number of nitrogens with one attached hydrogen (secondary N) is 1. The largest absolute Gasteiger partial charge is 0.417 e. The number of amides is 1. The van der Waals surface area contributed by atoms with Gasteiger partial charge in [-0.2, -0.15) is 31.4 Å². The highest BCUT2D eigenvalue weighted by atomic mass is 79.9. The molecular formula is C31H21BrClF6N3O. The SMILES string of the molecule is O=C(CN1CC(c2ccccc2)(c2ccc(C(F)(F)F)cc2)C(c2ccc(C(F)(F)F)c(Cl)c2)=N1)Nc1ccc(Br)cc1. The zero-order valence-electron chi connectivity index (χ0n) is 22.0. The summed E-state index contributed by atoms with van der Waals surface area (Å²) >= 11 is 9.42. The second-order valence-electron chi connectivity index (χ2n) is 9.87. The topological polar surface area (TPSA) is 44.7 Å². The van der Waals surface area contributed by atoms with Gasteiger partial charge in [0.25, 0.3) is 0 Å². The molecule has 0 aliphatic carbocycles. The maximum Gasteiger partial charge on any atom is 0.417 e. The van der Waals surface area contributed by atoms with Crippen LogP contribution < -0.4 is 5.32 Å². The van der Waals surface area contributed by atoms with E-state index in [0.717, 1.165) is 28.7 Å². The number of hydrogen-bond donors (Lipinski definition) is 1. The highest BCUT2D eigenvalue weighted by molar-refractivity contribution is 9.10. The monoisotopic (exact) mass is 679 g/mol. The third-order valence-electron chi connectivity index (χ3n) is 7.04. The van der Waals surface area contributed by atoms with Gasteiger partial charge in [0.05, 0.1) is 33.8 Å². The molecule has 4 aromatic rings. The Morgan fingerprint density at radius 2 is 1.49 bits per heavy atom. The number of alkyl halides is 6. The molecule has 1 aliphatic rings. The van der Waals surface area contributed by atoms with Gasteiger partial charge in [-0.05, 0) is 59.7 Å². The predicted octanol–water partition coefficient (Wildman–Crippen LogP) is 8.78. The van der Waals surface area contributed by atoms with Crippen LogP contribution in [-0.4, -0.2) is 29.7 Å². The Labute approximate surface area is 256 Å². The quantitative estimate of drug-likeness (QED) is 0.207. The number of nitrogens with zero attached hydrogens (tertiary/aromatic N) is 2. The molecule has 222 valence electrons. The molecule has 0 bridgehead atoms. The van der Waals surface area contributed by atoms with Crippen LogP contribution in [0.5, 0.6) is 0 Å². The summed E-state index contributed by atoms with van der Waals surface area (Å²) in [7, 11) is 0. The molecule has 1 unspecified atom stereocenters. The molecule has 4 nitrogen and oxygen atoms in total. The van der Waals surface area contributed by atoms with Crippen molar-refractivity contribution < 1.29 is 31.1 Å². The van der Waals surface area contributed by atoms with E-state index in [1.807, 2.05) is 0 Å². The Kier molecular flexibility index (Phi) is 8.32. The first-order valence-corrected chi connectivity index (χ1v) is 13.9. The summed E-state index contributed by atoms with van der Waals surface area (Å²) in [6.45, 7) is -0.243. The fourth-order valence-corrected chi connectivity index (χ4v) is 5.64. The lowest BCUT2D eigenvalue weighted by atomic mass is 9.69. The van der Waals surface area contributed by atoms with Crippen LogP contribution in [0.3, 0.4) is 0 Å². The van der Waals surface area contributed by atoms with Gasteiger partial charge in [-0.15, -0.1) is 0 Å². The molecule has 1 atom stereocenters. The number of anilines is 1. The van der Waals surface area contributed by atoms with Gasteiger partial charge in [-0.1, -0.05) is 76.1 Å². The van der Waals surface area contributed by atoms with Crippen molar-refractivity contribution in [3.63, 3.8) is 0 Å². The third kappa shape index (κ3) is 6.42. The molecule has 0 fully saturated rings. The summed E-state index contributed by atoms with van der Waals surface area (Å²) in [6.07, 6.45) is -9.28. The van der Waals surface area contributed by atoms with E-state index in [2.05, 4.69) is 26.3 Å². The predicted molar refractivity (Wildman–Crippen MR) is 156 cm³/mol. The number of hydrazone groups is 1. The molecule has 0 spiro atoms. The summed E-state index contributed by atoms with van der Waals surface area (Å²) < 4.78 is 81.7. The standard InChI is InChI=1S/C31H21BrClF6N3O/c32-23-11-13-24(14-12-23)40-27(43)17-42-18-29(20-4-2-1-3-5-20,21-7-9-22(10-8-21)30(34,35)36)28(41-42)19-6-15-25(26(33)16-19)31(37,38)39/h1-16H,17-18H2,(H,40,43). The van der Waals surface area contributed by atoms with Crippen LogP contribution in [0, 0.1) is 0 Å². The van der Waals surface area contributed by atoms with Gasteiger partial charge < -0.3 is 5.32 Å². The van der Waals surface area contributed by atoms with Crippen molar-refractivity contribution in [1.29, 1.82) is 0 Å². The van der Waals surface area contributed by atoms with E-state index >= 15 is 0 Å². The molecular weight excluding hydrogens is 660 g/mol. The van der Waals surface area contributed by atoms with E-state index in [-0.39, 0.29) is 24.4 Å². The maximum atomic E-state index is 13.5. The molecule has 43 heavy (non-hydrogen) atoms. The van der Waals surface area contributed by atoms with Crippen LogP contribution in [0.1, 0.15) is 27.8 Å². The summed E-state index contributed by atoms with van der Waals surface area (Å²) in [4.78, 5) is 13.0.